The molecule has 0 radical (unpaired) electrons. The van der Waals surface area contributed by atoms with Crippen molar-refractivity contribution in [2.24, 2.45) is 5.92 Å². The fourth-order valence-electron chi connectivity index (χ4n) is 3.28. The summed E-state index contributed by atoms with van der Waals surface area (Å²) in [5, 5.41) is 0. The molecule has 0 aliphatic rings. The smallest absolute Gasteiger partial charge is 0.338 e. The molecule has 0 saturated carbocycles. The van der Waals surface area contributed by atoms with Crippen LogP contribution in [-0.2, 0) is 9.47 Å². The van der Waals surface area contributed by atoms with Gasteiger partial charge in [-0.25, -0.2) is 9.59 Å². The summed E-state index contributed by atoms with van der Waals surface area (Å²) in [4.78, 5) is 24.9. The number of esters is 2. The number of carbonyl (C=O) groups excluding carboxylic acids is 2. The monoisotopic (exact) mass is 382 g/mol. The number of ether oxygens (including phenoxy) is 2. The highest BCUT2D eigenvalue weighted by atomic mass is 16.6. The van der Waals surface area contributed by atoms with Crippen LogP contribution in [0, 0.1) is 5.92 Å². The van der Waals surface area contributed by atoms with Crippen molar-refractivity contribution in [1.82, 2.24) is 0 Å². The summed E-state index contributed by atoms with van der Waals surface area (Å²) < 4.78 is 11.4. The van der Waals surface area contributed by atoms with Gasteiger partial charge in [0.15, 0.2) is 0 Å². The molecule has 0 fully saturated rings. The van der Waals surface area contributed by atoms with E-state index in [-0.39, 0.29) is 30.1 Å². The average molecular weight is 383 g/mol. The first-order chi connectivity index (χ1) is 13.5. The van der Waals surface area contributed by atoms with E-state index < -0.39 is 0 Å². The van der Waals surface area contributed by atoms with Crippen molar-refractivity contribution in [3.8, 4) is 0 Å². The molecule has 0 aromatic heterocycles. The summed E-state index contributed by atoms with van der Waals surface area (Å²) in [6, 6.07) is 17.9. The lowest BCUT2D eigenvalue weighted by Crippen LogP contribution is -2.35. The summed E-state index contributed by atoms with van der Waals surface area (Å²) in [5.74, 6) is -0.766. The highest BCUT2D eigenvalue weighted by Gasteiger charge is 2.29. The van der Waals surface area contributed by atoms with Gasteiger partial charge in [0.1, 0.15) is 12.2 Å². The summed E-state index contributed by atoms with van der Waals surface area (Å²) in [6.45, 7) is 5.90. The van der Waals surface area contributed by atoms with Gasteiger partial charge in [0, 0.05) is 5.92 Å². The van der Waals surface area contributed by atoms with Gasteiger partial charge in [-0.05, 0) is 44.5 Å². The summed E-state index contributed by atoms with van der Waals surface area (Å²) in [6.07, 6.45) is 3.31. The molecule has 150 valence electrons. The number of unbranched alkanes of at least 4 members (excludes halogenated alkanes) is 2. The maximum absolute atomic E-state index is 12.4. The number of hydrogen-bond acceptors (Lipinski definition) is 4. The third-order valence-corrected chi connectivity index (χ3v) is 4.95. The molecule has 4 heteroatoms. The number of benzene rings is 2. The molecular formula is C24H30O4. The molecule has 2 atom stereocenters. The molecule has 0 saturated heterocycles. The summed E-state index contributed by atoms with van der Waals surface area (Å²) >= 11 is 0. The van der Waals surface area contributed by atoms with Gasteiger partial charge >= 0.3 is 11.9 Å². The third kappa shape index (κ3) is 6.52. The minimum absolute atomic E-state index is 0.0631. The Balaban J connectivity index is 2.04. The lowest BCUT2D eigenvalue weighted by molar-refractivity contribution is -0.0251. The van der Waals surface area contributed by atoms with Crippen LogP contribution in [0.15, 0.2) is 60.7 Å². The SMILES string of the molecule is CCCCCC(C(C)OC(=O)c1ccccc1)C(C)OC(=O)c1ccccc1. The summed E-state index contributed by atoms with van der Waals surface area (Å²) in [5.41, 5.74) is 1.05. The second-order valence-corrected chi connectivity index (χ2v) is 7.11. The molecule has 0 aliphatic carbocycles. The molecule has 4 nitrogen and oxygen atoms in total. The van der Waals surface area contributed by atoms with Crippen molar-refractivity contribution in [2.45, 2.75) is 58.7 Å². The number of hydrogen-bond donors (Lipinski definition) is 0. The van der Waals surface area contributed by atoms with Crippen LogP contribution in [0.2, 0.25) is 0 Å². The van der Waals surface area contributed by atoms with E-state index >= 15 is 0 Å². The van der Waals surface area contributed by atoms with E-state index in [9.17, 15) is 9.59 Å². The number of carbonyl (C=O) groups is 2. The molecule has 28 heavy (non-hydrogen) atoms. The van der Waals surface area contributed by atoms with Crippen LogP contribution in [0.3, 0.4) is 0 Å². The average Bonchev–Trinajstić information content (AvgIpc) is 2.72. The van der Waals surface area contributed by atoms with Crippen LogP contribution in [0.4, 0.5) is 0 Å². The standard InChI is InChI=1S/C24H30O4/c1-4-5-8-17-22(18(2)27-23(25)20-13-9-6-10-14-20)19(3)28-24(26)21-15-11-7-12-16-21/h6-7,9-16,18-19,22H,4-5,8,17H2,1-3H3. The van der Waals surface area contributed by atoms with Gasteiger partial charge in [0.25, 0.3) is 0 Å². The van der Waals surface area contributed by atoms with E-state index in [0.29, 0.717) is 11.1 Å². The van der Waals surface area contributed by atoms with Crippen molar-refractivity contribution < 1.29 is 19.1 Å². The van der Waals surface area contributed by atoms with Gasteiger partial charge in [0.2, 0.25) is 0 Å². The van der Waals surface area contributed by atoms with Crippen LogP contribution in [-0.4, -0.2) is 24.1 Å². The van der Waals surface area contributed by atoms with E-state index in [0.717, 1.165) is 25.7 Å². The van der Waals surface area contributed by atoms with Crippen LogP contribution < -0.4 is 0 Å². The van der Waals surface area contributed by atoms with Crippen LogP contribution >= 0.6 is 0 Å². The lowest BCUT2D eigenvalue weighted by Gasteiger charge is -2.29. The largest absolute Gasteiger partial charge is 0.459 e. The number of rotatable bonds is 10. The maximum Gasteiger partial charge on any atom is 0.338 e. The first-order valence-corrected chi connectivity index (χ1v) is 10.0. The predicted molar refractivity (Wildman–Crippen MR) is 110 cm³/mol. The summed E-state index contributed by atoms with van der Waals surface area (Å²) in [7, 11) is 0. The Morgan fingerprint density at radius 1 is 0.750 bits per heavy atom. The van der Waals surface area contributed by atoms with Gasteiger partial charge in [-0.15, -0.1) is 0 Å². The zero-order valence-corrected chi connectivity index (χ0v) is 17.0. The quantitative estimate of drug-likeness (QED) is 0.392. The third-order valence-electron chi connectivity index (χ3n) is 4.95. The first kappa shape index (κ1) is 21.7. The fourth-order valence-corrected chi connectivity index (χ4v) is 3.28. The van der Waals surface area contributed by atoms with Crippen LogP contribution in [0.25, 0.3) is 0 Å². The Labute approximate surface area is 167 Å². The molecular weight excluding hydrogens is 352 g/mol. The van der Waals surface area contributed by atoms with Crippen LogP contribution in [0.1, 0.15) is 67.2 Å². The molecule has 0 heterocycles. The molecule has 0 aliphatic heterocycles. The molecule has 2 aromatic rings. The van der Waals surface area contributed by atoms with Crippen molar-refractivity contribution in [1.29, 1.82) is 0 Å². The lowest BCUT2D eigenvalue weighted by atomic mass is 9.91. The van der Waals surface area contributed by atoms with Gasteiger partial charge in [-0.2, -0.15) is 0 Å². The molecule has 0 N–H and O–H groups in total. The molecule has 2 rings (SSSR count). The Morgan fingerprint density at radius 2 is 1.18 bits per heavy atom. The first-order valence-electron chi connectivity index (χ1n) is 10.0. The topological polar surface area (TPSA) is 52.6 Å². The highest BCUT2D eigenvalue weighted by molar-refractivity contribution is 5.90. The molecule has 2 unspecified atom stereocenters. The second-order valence-electron chi connectivity index (χ2n) is 7.11. The van der Waals surface area contributed by atoms with E-state index in [1.54, 1.807) is 24.3 Å². The Morgan fingerprint density at radius 3 is 1.57 bits per heavy atom. The highest BCUT2D eigenvalue weighted by Crippen LogP contribution is 2.24. The van der Waals surface area contributed by atoms with E-state index in [2.05, 4.69) is 6.92 Å². The van der Waals surface area contributed by atoms with E-state index in [1.807, 2.05) is 50.2 Å². The van der Waals surface area contributed by atoms with Gasteiger partial charge < -0.3 is 9.47 Å². The molecule has 0 spiro atoms. The predicted octanol–water partition coefficient (Wildman–Crippen LogP) is 5.67. The van der Waals surface area contributed by atoms with Gasteiger partial charge in [-0.1, -0.05) is 62.6 Å². The van der Waals surface area contributed by atoms with Crippen molar-refractivity contribution in [2.75, 3.05) is 0 Å². The normalized spacial score (nSPS) is 14.0. The van der Waals surface area contributed by atoms with Crippen molar-refractivity contribution >= 4 is 11.9 Å². The van der Waals surface area contributed by atoms with Crippen molar-refractivity contribution in [3.63, 3.8) is 0 Å². The molecule has 0 amide bonds. The minimum atomic E-state index is -0.358. The van der Waals surface area contributed by atoms with E-state index in [1.165, 1.54) is 0 Å². The zero-order chi connectivity index (χ0) is 20.4. The molecule has 2 aromatic carbocycles. The Kier molecular flexibility index (Phi) is 8.73. The minimum Gasteiger partial charge on any atom is -0.459 e. The maximum atomic E-state index is 12.4. The van der Waals surface area contributed by atoms with E-state index in [4.69, 9.17) is 9.47 Å². The zero-order valence-electron chi connectivity index (χ0n) is 17.0. The van der Waals surface area contributed by atoms with Gasteiger partial charge in [0.05, 0.1) is 11.1 Å². The van der Waals surface area contributed by atoms with Crippen LogP contribution in [0.5, 0.6) is 0 Å². The van der Waals surface area contributed by atoms with Crippen molar-refractivity contribution in [3.05, 3.63) is 71.8 Å². The second kappa shape index (κ2) is 11.3. The Bertz CT molecular complexity index is 667. The fraction of sp³-hybridized carbons (Fsp3) is 0.417. The molecule has 0 bridgehead atoms. The Hall–Kier alpha value is -2.62. The van der Waals surface area contributed by atoms with Gasteiger partial charge in [-0.3, -0.25) is 0 Å².